The minimum atomic E-state index is -1.21. The zero-order valence-corrected chi connectivity index (χ0v) is 20.8. The van der Waals surface area contributed by atoms with Crippen molar-refractivity contribution in [2.75, 3.05) is 0 Å². The van der Waals surface area contributed by atoms with E-state index in [2.05, 4.69) is 67.6 Å². The predicted molar refractivity (Wildman–Crippen MR) is 110 cm³/mol. The van der Waals surface area contributed by atoms with Crippen molar-refractivity contribution in [3.63, 3.8) is 0 Å². The summed E-state index contributed by atoms with van der Waals surface area (Å²) in [5, 5.41) is 3.76. The first kappa shape index (κ1) is 26.9. The summed E-state index contributed by atoms with van der Waals surface area (Å²) in [6.45, 7) is 4.01. The molecular formula is C23H22Cl2OSiZr. The third kappa shape index (κ3) is 7.06. The summed E-state index contributed by atoms with van der Waals surface area (Å²) < 4.78 is 0. The molecule has 0 aliphatic rings. The van der Waals surface area contributed by atoms with Crippen molar-refractivity contribution in [3.05, 3.63) is 96.6 Å². The van der Waals surface area contributed by atoms with Crippen molar-refractivity contribution < 1.29 is 55.8 Å². The first-order valence-corrected chi connectivity index (χ1v) is 10.4. The van der Waals surface area contributed by atoms with E-state index in [1.165, 1.54) is 27.5 Å². The van der Waals surface area contributed by atoms with E-state index in [1.807, 2.05) is 36.9 Å². The molecule has 1 nitrogen and oxygen atoms in total. The van der Waals surface area contributed by atoms with Gasteiger partial charge in [-0.3, -0.25) is 0 Å². The van der Waals surface area contributed by atoms with Crippen LogP contribution in [0.4, 0.5) is 0 Å². The van der Waals surface area contributed by atoms with E-state index in [0.29, 0.717) is 0 Å². The summed E-state index contributed by atoms with van der Waals surface area (Å²) in [7, 11) is -1.21. The zero-order valence-electron chi connectivity index (χ0n) is 15.9. The molecule has 1 N–H and O–H groups in total. The van der Waals surface area contributed by atoms with E-state index in [9.17, 15) is 0 Å². The van der Waals surface area contributed by atoms with Crippen molar-refractivity contribution in [1.82, 2.24) is 0 Å². The van der Waals surface area contributed by atoms with Crippen LogP contribution in [0, 0.1) is 6.92 Å². The molecule has 0 spiro atoms. The maximum atomic E-state index is 9.13. The summed E-state index contributed by atoms with van der Waals surface area (Å²) in [6, 6.07) is 31.3. The maximum Gasteiger partial charge on any atom is 3.00 e. The molecular weight excluding hydrogens is 482 g/mol. The molecule has 4 aromatic rings. The molecule has 0 atom stereocenters. The number of aryl methyl sites for hydroxylation is 1. The predicted octanol–water partition coefficient (Wildman–Crippen LogP) is -0.953. The Morgan fingerprint density at radius 2 is 1.36 bits per heavy atom. The fraction of sp³-hybridized carbons (Fsp3) is 0.0870. The number of fused-ring (bicyclic) bond motifs is 1. The number of benzene rings is 3. The molecule has 0 fully saturated rings. The molecule has 0 saturated carbocycles. The molecule has 142 valence electrons. The summed E-state index contributed by atoms with van der Waals surface area (Å²) in [5.74, 6) is 0. The van der Waals surface area contributed by atoms with E-state index in [4.69, 9.17) is 4.80 Å². The zero-order chi connectivity index (χ0) is 17.6. The molecule has 4 rings (SSSR count). The summed E-state index contributed by atoms with van der Waals surface area (Å²) in [4.78, 5) is 9.13. The number of rotatable bonds is 2. The number of hydrogen-bond acceptors (Lipinski definition) is 1. The van der Waals surface area contributed by atoms with Gasteiger partial charge in [-0.1, -0.05) is 79.2 Å². The second kappa shape index (κ2) is 13.2. The van der Waals surface area contributed by atoms with Crippen molar-refractivity contribution in [3.8, 4) is 11.1 Å². The molecule has 4 aromatic carbocycles. The van der Waals surface area contributed by atoms with E-state index >= 15 is 0 Å². The monoisotopic (exact) mass is 502 g/mol. The van der Waals surface area contributed by atoms with Crippen LogP contribution >= 0.6 is 0 Å². The van der Waals surface area contributed by atoms with Crippen LogP contribution in [0.3, 0.4) is 0 Å². The minimum absolute atomic E-state index is 0. The molecule has 0 amide bonds. The van der Waals surface area contributed by atoms with Crippen LogP contribution in [-0.2, 0) is 26.2 Å². The Labute approximate surface area is 200 Å². The minimum Gasteiger partial charge on any atom is -1.00 e. The van der Waals surface area contributed by atoms with Gasteiger partial charge in [0.25, 0.3) is 0 Å². The fourth-order valence-corrected chi connectivity index (χ4v) is 3.61. The largest absolute Gasteiger partial charge is 3.00 e. The quantitative estimate of drug-likeness (QED) is 0.276. The summed E-state index contributed by atoms with van der Waals surface area (Å²) in [5.41, 5.74) is 3.95. The third-order valence-corrected chi connectivity index (χ3v) is 5.34. The van der Waals surface area contributed by atoms with E-state index < -0.39 is 9.04 Å². The van der Waals surface area contributed by atoms with Gasteiger partial charge in [-0.15, -0.1) is 34.5 Å². The maximum absolute atomic E-state index is 9.13. The molecule has 0 heterocycles. The molecule has 28 heavy (non-hydrogen) atoms. The van der Waals surface area contributed by atoms with Gasteiger partial charge in [-0.2, -0.15) is 6.07 Å². The molecule has 0 saturated heterocycles. The van der Waals surface area contributed by atoms with Gasteiger partial charge in [0.05, 0.1) is 0 Å². The van der Waals surface area contributed by atoms with Gasteiger partial charge >= 0.3 is 26.2 Å². The SMILES string of the molecule is C[Si](O)c1ccccc1.Cc1cc2c(-c3ccccc3)cccc2[cH-]1.[Cl-].[Cl-].[Zr+3]. The Morgan fingerprint density at radius 3 is 1.89 bits per heavy atom. The van der Waals surface area contributed by atoms with Crippen molar-refractivity contribution >= 4 is 25.0 Å². The molecule has 5 heteroatoms. The van der Waals surface area contributed by atoms with Crippen LogP contribution in [-0.4, -0.2) is 13.8 Å². The Balaban J connectivity index is 0.000000533. The number of hydrogen-bond donors (Lipinski definition) is 1. The van der Waals surface area contributed by atoms with Gasteiger partial charge < -0.3 is 29.6 Å². The number of halogens is 2. The van der Waals surface area contributed by atoms with Crippen LogP contribution in [0.25, 0.3) is 21.9 Å². The van der Waals surface area contributed by atoms with Crippen molar-refractivity contribution in [2.45, 2.75) is 13.5 Å². The second-order valence-corrected chi connectivity index (χ2v) is 7.91. The van der Waals surface area contributed by atoms with Gasteiger partial charge in [0, 0.05) is 0 Å². The van der Waals surface area contributed by atoms with Crippen molar-refractivity contribution in [1.29, 1.82) is 0 Å². The fourth-order valence-electron chi connectivity index (χ4n) is 2.93. The average molecular weight is 505 g/mol. The van der Waals surface area contributed by atoms with E-state index in [-0.39, 0.29) is 51.0 Å². The molecule has 0 unspecified atom stereocenters. The van der Waals surface area contributed by atoms with Gasteiger partial charge in [-0.25, -0.2) is 0 Å². The van der Waals surface area contributed by atoms with Crippen LogP contribution in [0.5, 0.6) is 0 Å². The normalized spacial score (nSPS) is 9.43. The van der Waals surface area contributed by atoms with Gasteiger partial charge in [-0.05, 0) is 17.3 Å². The first-order chi connectivity index (χ1) is 12.1. The van der Waals surface area contributed by atoms with Crippen LogP contribution in [0.15, 0.2) is 91.0 Å². The molecule has 0 aliphatic carbocycles. The molecule has 0 bridgehead atoms. The topological polar surface area (TPSA) is 20.2 Å². The Kier molecular flexibility index (Phi) is 12.7. The van der Waals surface area contributed by atoms with Crippen LogP contribution in [0.2, 0.25) is 6.55 Å². The Hall–Kier alpha value is -1.09. The molecule has 0 aliphatic heterocycles. The average Bonchev–Trinajstić information content (AvgIpc) is 3.04. The Morgan fingerprint density at radius 1 is 0.786 bits per heavy atom. The third-order valence-electron chi connectivity index (χ3n) is 4.17. The standard InChI is InChI=1S/C16H13.C7H9OSi.2ClH.Zr/c1-12-10-14-8-5-9-15(16(14)11-12)13-6-3-2-4-7-13;1-9(8)7-5-3-2-4-6-7;;;/h2-11H,1H3;2-6,8H,1H3;2*1H;/q-1;;;;+3/p-2. The van der Waals surface area contributed by atoms with Crippen LogP contribution < -0.4 is 30.0 Å². The van der Waals surface area contributed by atoms with Gasteiger partial charge in [0.2, 0.25) is 9.04 Å². The van der Waals surface area contributed by atoms with Gasteiger partial charge in [0.15, 0.2) is 0 Å². The van der Waals surface area contributed by atoms with E-state index in [1.54, 1.807) is 0 Å². The smallest absolute Gasteiger partial charge is 1.00 e. The molecule has 2 radical (unpaired) electrons. The summed E-state index contributed by atoms with van der Waals surface area (Å²) in [6.07, 6.45) is 0. The Bertz CT molecular complexity index is 941. The first-order valence-electron chi connectivity index (χ1n) is 8.44. The van der Waals surface area contributed by atoms with Crippen molar-refractivity contribution in [2.24, 2.45) is 0 Å². The second-order valence-electron chi connectivity index (χ2n) is 6.16. The summed E-state index contributed by atoms with van der Waals surface area (Å²) >= 11 is 0. The van der Waals surface area contributed by atoms with E-state index in [0.717, 1.165) is 5.19 Å². The van der Waals surface area contributed by atoms with Gasteiger partial charge in [0.1, 0.15) is 0 Å². The molecule has 0 aromatic heterocycles. The van der Waals surface area contributed by atoms with Crippen LogP contribution in [0.1, 0.15) is 5.56 Å².